The van der Waals surface area contributed by atoms with Gasteiger partial charge in [-0.05, 0) is 98.7 Å². The van der Waals surface area contributed by atoms with Gasteiger partial charge in [-0.25, -0.2) is 9.35 Å². The first-order valence-corrected chi connectivity index (χ1v) is 12.1. The summed E-state index contributed by atoms with van der Waals surface area (Å²) < 4.78 is 17.3. The molecule has 6 nitrogen and oxygen atoms in total. The molecular weight excluding hydrogens is 398 g/mol. The van der Waals surface area contributed by atoms with Gasteiger partial charge < -0.3 is 15.5 Å². The van der Waals surface area contributed by atoms with E-state index in [9.17, 15) is 14.4 Å². The van der Waals surface area contributed by atoms with Gasteiger partial charge in [0, 0.05) is 5.69 Å². The van der Waals surface area contributed by atoms with E-state index in [0.29, 0.717) is 16.0 Å². The summed E-state index contributed by atoms with van der Waals surface area (Å²) in [6.07, 6.45) is 4.93. The Bertz CT molecular complexity index is 1080. The Kier molecular flexibility index (Phi) is 5.43. The highest BCUT2D eigenvalue weighted by Crippen LogP contribution is 2.39. The summed E-state index contributed by atoms with van der Waals surface area (Å²) in [7, 11) is -3.32. The average Bonchev–Trinajstić information content (AvgIpc) is 3.28. The molecule has 4 rings (SSSR count). The summed E-state index contributed by atoms with van der Waals surface area (Å²) in [5.41, 5.74) is 6.50. The number of nitrogens with zero attached hydrogens (tertiary/aromatic N) is 1. The van der Waals surface area contributed by atoms with Crippen molar-refractivity contribution < 1.29 is 14.4 Å². The van der Waals surface area contributed by atoms with Crippen LogP contribution in [0.5, 0.6) is 0 Å². The molecule has 1 unspecified atom stereocenters. The quantitative estimate of drug-likeness (QED) is 0.547. The van der Waals surface area contributed by atoms with Gasteiger partial charge in [-0.3, -0.25) is 0 Å². The minimum atomic E-state index is -3.32. The Morgan fingerprint density at radius 2 is 1.70 bits per heavy atom. The Labute approximate surface area is 178 Å². The largest absolute Gasteiger partial charge is 0.386 e. The smallest absolute Gasteiger partial charge is 0.233 e. The first-order valence-electron chi connectivity index (χ1n) is 10.5. The number of hydrogen-bond acceptors (Lipinski definition) is 5. The van der Waals surface area contributed by atoms with Crippen molar-refractivity contribution in [3.05, 3.63) is 57.6 Å². The van der Waals surface area contributed by atoms with Crippen LogP contribution >= 0.6 is 0 Å². The van der Waals surface area contributed by atoms with Gasteiger partial charge in [0.05, 0.1) is 10.5 Å². The number of rotatable bonds is 5. The second-order valence-electron chi connectivity index (χ2n) is 8.97. The maximum atomic E-state index is 13.2. The van der Waals surface area contributed by atoms with Crippen LogP contribution in [0.15, 0.2) is 33.5 Å². The predicted molar refractivity (Wildman–Crippen MR) is 120 cm³/mol. The third-order valence-electron chi connectivity index (χ3n) is 6.20. The number of fused-ring (bicyclic) bond motifs is 2. The van der Waals surface area contributed by atoms with E-state index < -0.39 is 21.9 Å². The number of aryl methyl sites for hydroxylation is 3. The van der Waals surface area contributed by atoms with Crippen LogP contribution in [-0.4, -0.2) is 20.8 Å². The third kappa shape index (κ3) is 3.99. The number of aliphatic hydroxyl groups is 2. The van der Waals surface area contributed by atoms with E-state index in [0.717, 1.165) is 44.2 Å². The molecule has 0 bridgehead atoms. The topological polar surface area (TPSA) is 108 Å². The molecule has 0 saturated heterocycles. The van der Waals surface area contributed by atoms with E-state index in [4.69, 9.17) is 5.14 Å². The molecule has 0 aromatic heterocycles. The molecule has 0 radical (unpaired) electrons. The zero-order chi connectivity index (χ0) is 21.7. The summed E-state index contributed by atoms with van der Waals surface area (Å²) in [5.74, 6) is 0. The van der Waals surface area contributed by atoms with Gasteiger partial charge in [-0.1, -0.05) is 18.2 Å². The van der Waals surface area contributed by atoms with E-state index in [-0.39, 0.29) is 0 Å². The highest BCUT2D eigenvalue weighted by molar-refractivity contribution is 7.91. The van der Waals surface area contributed by atoms with Crippen molar-refractivity contribution in [2.45, 2.75) is 76.1 Å². The maximum Gasteiger partial charge on any atom is 0.233 e. The second kappa shape index (κ2) is 7.64. The molecule has 0 aliphatic heterocycles. The van der Waals surface area contributed by atoms with E-state index in [1.54, 1.807) is 39.0 Å². The first-order chi connectivity index (χ1) is 14.1. The molecule has 7 heteroatoms. The van der Waals surface area contributed by atoms with Gasteiger partial charge >= 0.3 is 0 Å². The molecule has 0 spiro atoms. The number of anilines is 1. The molecule has 0 heterocycles. The van der Waals surface area contributed by atoms with Crippen molar-refractivity contribution in [1.82, 2.24) is 0 Å². The molecule has 0 fully saturated rings. The van der Waals surface area contributed by atoms with Crippen LogP contribution in [-0.2, 0) is 41.2 Å². The van der Waals surface area contributed by atoms with Crippen LogP contribution in [0.25, 0.3) is 0 Å². The maximum absolute atomic E-state index is 13.2. The monoisotopic (exact) mass is 429 g/mol. The zero-order valence-electron chi connectivity index (χ0n) is 17.9. The molecule has 0 amide bonds. The van der Waals surface area contributed by atoms with Crippen LogP contribution < -0.4 is 10.5 Å². The van der Waals surface area contributed by atoms with E-state index >= 15 is 0 Å². The molecule has 162 valence electrons. The van der Waals surface area contributed by atoms with Crippen molar-refractivity contribution in [3.63, 3.8) is 0 Å². The highest BCUT2D eigenvalue weighted by atomic mass is 32.2. The lowest BCUT2D eigenvalue weighted by atomic mass is 9.97. The molecule has 2 aliphatic carbocycles. The van der Waals surface area contributed by atoms with Gasteiger partial charge in [0.25, 0.3) is 0 Å². The molecule has 0 saturated carbocycles. The fraction of sp³-hybridized carbons (Fsp3) is 0.478. The van der Waals surface area contributed by atoms with Crippen LogP contribution in [0.4, 0.5) is 5.69 Å². The van der Waals surface area contributed by atoms with Crippen molar-refractivity contribution in [2.24, 2.45) is 9.50 Å². The van der Waals surface area contributed by atoms with Crippen molar-refractivity contribution in [2.75, 3.05) is 5.32 Å². The SMILES string of the molecule is Cc1cc(C(C)(C)O)ccc1[S@@](N)(=O)=NC(O)Nc1c2c(cc3c1CCC3)CCC2. The van der Waals surface area contributed by atoms with Gasteiger partial charge in [0.2, 0.25) is 6.35 Å². The minimum Gasteiger partial charge on any atom is -0.386 e. The lowest BCUT2D eigenvalue weighted by Gasteiger charge is -2.21. The van der Waals surface area contributed by atoms with Gasteiger partial charge in [0.1, 0.15) is 9.92 Å². The summed E-state index contributed by atoms with van der Waals surface area (Å²) in [5, 5.41) is 30.0. The molecule has 2 aromatic rings. The normalized spacial score (nSPS) is 18.5. The third-order valence-corrected chi connectivity index (χ3v) is 7.80. The lowest BCUT2D eigenvalue weighted by Crippen LogP contribution is -2.24. The average molecular weight is 430 g/mol. The van der Waals surface area contributed by atoms with Crippen LogP contribution in [0.1, 0.15) is 60.1 Å². The zero-order valence-corrected chi connectivity index (χ0v) is 18.7. The Balaban J connectivity index is 1.66. The standard InChI is InChI=1S/C23H31N3O3S/c1-14-12-17(23(2,3)28)10-11-20(14)30(24,29)26-22(27)25-21-18-8-4-6-15(18)13-16-7-5-9-19(16)21/h10-13,22,25,27-28H,4-9H2,1-3H3,(H2,24,26,29)/t22?,30-/m0/s1. The molecule has 5 N–H and O–H groups in total. The fourth-order valence-corrected chi connectivity index (χ4v) is 5.96. The van der Waals surface area contributed by atoms with Crippen molar-refractivity contribution in [1.29, 1.82) is 0 Å². The summed E-state index contributed by atoms with van der Waals surface area (Å²) in [6, 6.07) is 7.40. The number of benzene rings is 2. The van der Waals surface area contributed by atoms with E-state index in [2.05, 4.69) is 15.7 Å². The molecule has 30 heavy (non-hydrogen) atoms. The minimum absolute atomic E-state index is 0.361. The second-order valence-corrected chi connectivity index (χ2v) is 10.8. The number of hydrogen-bond donors (Lipinski definition) is 4. The molecule has 2 aromatic carbocycles. The Morgan fingerprint density at radius 1 is 1.10 bits per heavy atom. The van der Waals surface area contributed by atoms with Gasteiger partial charge in [0.15, 0.2) is 0 Å². The first kappa shape index (κ1) is 21.3. The molecular formula is C23H31N3O3S. The lowest BCUT2D eigenvalue weighted by molar-refractivity contribution is 0.0784. The fourth-order valence-electron chi connectivity index (χ4n) is 4.71. The van der Waals surface area contributed by atoms with E-state index in [1.807, 2.05) is 0 Å². The highest BCUT2D eigenvalue weighted by Gasteiger charge is 2.25. The van der Waals surface area contributed by atoms with Gasteiger partial charge in [-0.2, -0.15) is 4.36 Å². The van der Waals surface area contributed by atoms with Crippen LogP contribution in [0.3, 0.4) is 0 Å². The number of nitrogens with two attached hydrogens (primary N) is 1. The predicted octanol–water partition coefficient (Wildman–Crippen LogP) is 3.29. The summed E-state index contributed by atoms with van der Waals surface area (Å²) in [6.45, 7) is 5.16. The Morgan fingerprint density at radius 3 is 2.23 bits per heavy atom. The number of aliphatic hydroxyl groups excluding tert-OH is 1. The molecule has 2 aliphatic rings. The van der Waals surface area contributed by atoms with Crippen molar-refractivity contribution >= 4 is 15.6 Å². The molecule has 2 atom stereocenters. The van der Waals surface area contributed by atoms with Gasteiger partial charge in [-0.15, -0.1) is 0 Å². The van der Waals surface area contributed by atoms with Crippen LogP contribution in [0, 0.1) is 6.92 Å². The van der Waals surface area contributed by atoms with E-state index in [1.165, 1.54) is 22.3 Å². The summed E-state index contributed by atoms with van der Waals surface area (Å²) >= 11 is 0. The summed E-state index contributed by atoms with van der Waals surface area (Å²) in [4.78, 5) is 0.361. The Hall–Kier alpha value is -1.93. The van der Waals surface area contributed by atoms with Crippen LogP contribution in [0.2, 0.25) is 0 Å². The van der Waals surface area contributed by atoms with Crippen molar-refractivity contribution in [3.8, 4) is 0 Å². The number of nitrogens with one attached hydrogen (secondary N) is 1.